The Kier molecular flexibility index (Phi) is 5.49. The topological polar surface area (TPSA) is 106 Å². The van der Waals surface area contributed by atoms with E-state index < -0.39 is 27.8 Å². The Morgan fingerprint density at radius 2 is 2.12 bits per heavy atom. The van der Waals surface area contributed by atoms with E-state index in [4.69, 9.17) is 4.74 Å². The van der Waals surface area contributed by atoms with Crippen LogP contribution in [-0.2, 0) is 19.4 Å². The zero-order chi connectivity index (χ0) is 18.1. The molecular weight excluding hydrogens is 354 g/mol. The standard InChI is InChI=1S/C14H21N3O5S2/c1-8-11(12(15-3)23-16-8)14(19)22-9(2)13(18)17(4)10-5-6-24(20,21)7-10/h9-10,15H,5-7H2,1-4H3/t9-,10+/m0/s1. The van der Waals surface area contributed by atoms with Crippen molar-refractivity contribution in [1.29, 1.82) is 0 Å². The minimum atomic E-state index is -3.09. The van der Waals surface area contributed by atoms with Gasteiger partial charge in [-0.3, -0.25) is 4.79 Å². The lowest BCUT2D eigenvalue weighted by molar-refractivity contribution is -0.140. The molecular formula is C14H21N3O5S2. The lowest BCUT2D eigenvalue weighted by atomic mass is 10.2. The number of carbonyl (C=O) groups is 2. The number of amides is 1. The van der Waals surface area contributed by atoms with Gasteiger partial charge in [-0.25, -0.2) is 13.2 Å². The van der Waals surface area contributed by atoms with Crippen molar-refractivity contribution in [3.8, 4) is 0 Å². The van der Waals surface area contributed by atoms with Crippen molar-refractivity contribution in [2.75, 3.05) is 30.9 Å². The van der Waals surface area contributed by atoms with Crippen LogP contribution in [0.2, 0.25) is 0 Å². The molecule has 0 bridgehead atoms. The molecule has 2 heterocycles. The van der Waals surface area contributed by atoms with E-state index in [0.29, 0.717) is 22.7 Å². The molecule has 0 aromatic carbocycles. The third-order valence-corrected chi connectivity index (χ3v) is 6.74. The van der Waals surface area contributed by atoms with Crippen molar-refractivity contribution in [2.45, 2.75) is 32.4 Å². The first-order chi connectivity index (χ1) is 11.2. The first-order valence-electron chi connectivity index (χ1n) is 7.48. The van der Waals surface area contributed by atoms with E-state index >= 15 is 0 Å². The molecule has 0 aliphatic carbocycles. The summed E-state index contributed by atoms with van der Waals surface area (Å²) in [6.45, 7) is 3.17. The van der Waals surface area contributed by atoms with Gasteiger partial charge in [0.2, 0.25) is 0 Å². The van der Waals surface area contributed by atoms with Gasteiger partial charge in [0.25, 0.3) is 5.91 Å². The van der Waals surface area contributed by atoms with Gasteiger partial charge in [0.05, 0.1) is 17.2 Å². The molecule has 0 spiro atoms. The Morgan fingerprint density at radius 1 is 1.46 bits per heavy atom. The van der Waals surface area contributed by atoms with Crippen LogP contribution in [0.4, 0.5) is 5.00 Å². The Morgan fingerprint density at radius 3 is 2.67 bits per heavy atom. The van der Waals surface area contributed by atoms with Crippen LogP contribution in [0, 0.1) is 6.92 Å². The third kappa shape index (κ3) is 3.86. The normalized spacial score (nSPS) is 20.4. The maximum absolute atomic E-state index is 12.4. The highest BCUT2D eigenvalue weighted by Crippen LogP contribution is 2.25. The van der Waals surface area contributed by atoms with Crippen molar-refractivity contribution in [2.24, 2.45) is 0 Å². The van der Waals surface area contributed by atoms with Crippen LogP contribution in [0.15, 0.2) is 0 Å². The van der Waals surface area contributed by atoms with Crippen LogP contribution in [0.1, 0.15) is 29.4 Å². The maximum atomic E-state index is 12.4. The van der Waals surface area contributed by atoms with Crippen LogP contribution < -0.4 is 5.32 Å². The number of anilines is 1. The molecule has 134 valence electrons. The molecule has 8 nitrogen and oxygen atoms in total. The number of sulfone groups is 1. The average molecular weight is 375 g/mol. The van der Waals surface area contributed by atoms with E-state index in [1.54, 1.807) is 14.0 Å². The van der Waals surface area contributed by atoms with Gasteiger partial charge < -0.3 is 15.0 Å². The smallest absolute Gasteiger partial charge is 0.343 e. The van der Waals surface area contributed by atoms with Gasteiger partial charge in [-0.1, -0.05) is 0 Å². The second-order valence-corrected chi connectivity index (χ2v) is 8.78. The molecule has 1 aromatic heterocycles. The van der Waals surface area contributed by atoms with Crippen molar-refractivity contribution < 1.29 is 22.7 Å². The molecule has 24 heavy (non-hydrogen) atoms. The minimum absolute atomic E-state index is 0.0482. The predicted octanol–water partition coefficient (Wildman–Crippen LogP) is 0.684. The quantitative estimate of drug-likeness (QED) is 0.755. The molecule has 1 N–H and O–H groups in total. The van der Waals surface area contributed by atoms with Crippen LogP contribution in [-0.4, -0.2) is 67.3 Å². The maximum Gasteiger partial charge on any atom is 0.343 e. The molecule has 1 aliphatic heterocycles. The summed E-state index contributed by atoms with van der Waals surface area (Å²) in [5.74, 6) is -1.02. The number of esters is 1. The van der Waals surface area contributed by atoms with E-state index in [0.717, 1.165) is 11.5 Å². The third-order valence-electron chi connectivity index (χ3n) is 4.03. The molecule has 1 fully saturated rings. The Labute approximate surface area is 145 Å². The predicted molar refractivity (Wildman–Crippen MR) is 91.1 cm³/mol. The van der Waals surface area contributed by atoms with Gasteiger partial charge in [0.1, 0.15) is 10.6 Å². The molecule has 0 unspecified atom stereocenters. The van der Waals surface area contributed by atoms with Crippen LogP contribution in [0.25, 0.3) is 0 Å². The van der Waals surface area contributed by atoms with Crippen molar-refractivity contribution >= 4 is 38.2 Å². The molecule has 1 aliphatic rings. The second kappa shape index (κ2) is 7.06. The number of hydrogen-bond donors (Lipinski definition) is 1. The lowest BCUT2D eigenvalue weighted by Crippen LogP contribution is -2.44. The number of aromatic nitrogens is 1. The Bertz CT molecular complexity index is 744. The number of rotatable bonds is 5. The summed E-state index contributed by atoms with van der Waals surface area (Å²) in [6.07, 6.45) is -0.599. The highest BCUT2D eigenvalue weighted by atomic mass is 32.2. The second-order valence-electron chi connectivity index (χ2n) is 5.78. The lowest BCUT2D eigenvalue weighted by Gasteiger charge is -2.26. The first-order valence-corrected chi connectivity index (χ1v) is 10.1. The number of aryl methyl sites for hydroxylation is 1. The van der Waals surface area contributed by atoms with Gasteiger partial charge in [0, 0.05) is 20.1 Å². The van der Waals surface area contributed by atoms with Crippen LogP contribution in [0.5, 0.6) is 0 Å². The van der Waals surface area contributed by atoms with Gasteiger partial charge in [0.15, 0.2) is 15.9 Å². The summed E-state index contributed by atoms with van der Waals surface area (Å²) in [7, 11) is 0.120. The summed E-state index contributed by atoms with van der Waals surface area (Å²) >= 11 is 1.14. The average Bonchev–Trinajstić information content (AvgIpc) is 3.07. The molecule has 2 atom stereocenters. The molecule has 10 heteroatoms. The van der Waals surface area contributed by atoms with Gasteiger partial charge in [-0.05, 0) is 31.8 Å². The van der Waals surface area contributed by atoms with E-state index in [1.165, 1.54) is 18.9 Å². The number of nitrogens with one attached hydrogen (secondary N) is 1. The summed E-state index contributed by atoms with van der Waals surface area (Å²) < 4.78 is 32.4. The Hall–Kier alpha value is -1.68. The summed E-state index contributed by atoms with van der Waals surface area (Å²) in [5.41, 5.74) is 0.845. The molecule has 1 aromatic rings. The Balaban J connectivity index is 2.03. The fourth-order valence-electron chi connectivity index (χ4n) is 2.60. The summed E-state index contributed by atoms with van der Waals surface area (Å²) in [6, 6.07) is -0.374. The van der Waals surface area contributed by atoms with E-state index in [-0.39, 0.29) is 17.5 Å². The fourth-order valence-corrected chi connectivity index (χ4v) is 5.11. The van der Waals surface area contributed by atoms with Gasteiger partial charge >= 0.3 is 5.97 Å². The largest absolute Gasteiger partial charge is 0.449 e. The SMILES string of the molecule is CNc1snc(C)c1C(=O)O[C@@H](C)C(=O)N(C)[C@@H]1CCS(=O)(=O)C1. The number of nitrogens with zero attached hydrogens (tertiary/aromatic N) is 2. The highest BCUT2D eigenvalue weighted by Gasteiger charge is 2.35. The summed E-state index contributed by atoms with van der Waals surface area (Å²) in [5, 5.41) is 3.45. The van der Waals surface area contributed by atoms with E-state index in [9.17, 15) is 18.0 Å². The van der Waals surface area contributed by atoms with Crippen LogP contribution >= 0.6 is 11.5 Å². The minimum Gasteiger partial charge on any atom is -0.449 e. The monoisotopic (exact) mass is 375 g/mol. The van der Waals surface area contributed by atoms with Crippen molar-refractivity contribution in [1.82, 2.24) is 9.27 Å². The van der Waals surface area contributed by atoms with Gasteiger partial charge in [-0.15, -0.1) is 0 Å². The fraction of sp³-hybridized carbons (Fsp3) is 0.643. The molecule has 1 saturated heterocycles. The van der Waals surface area contributed by atoms with Crippen molar-refractivity contribution in [3.63, 3.8) is 0 Å². The molecule has 1 amide bonds. The zero-order valence-electron chi connectivity index (χ0n) is 14.0. The highest BCUT2D eigenvalue weighted by molar-refractivity contribution is 7.91. The number of carbonyl (C=O) groups excluding carboxylic acids is 2. The first kappa shape index (κ1) is 18.7. The molecule has 2 rings (SSSR count). The van der Waals surface area contributed by atoms with Crippen LogP contribution in [0.3, 0.4) is 0 Å². The number of ether oxygens (including phenoxy) is 1. The zero-order valence-corrected chi connectivity index (χ0v) is 15.7. The van der Waals surface area contributed by atoms with Crippen molar-refractivity contribution in [3.05, 3.63) is 11.3 Å². The van der Waals surface area contributed by atoms with E-state index in [2.05, 4.69) is 9.69 Å². The summed E-state index contributed by atoms with van der Waals surface area (Å²) in [4.78, 5) is 26.1. The van der Waals surface area contributed by atoms with Gasteiger partial charge in [-0.2, -0.15) is 4.37 Å². The molecule has 0 saturated carbocycles. The number of hydrogen-bond acceptors (Lipinski definition) is 8. The van der Waals surface area contributed by atoms with E-state index in [1.807, 2.05) is 0 Å². The molecule has 0 radical (unpaired) electrons. The number of likely N-dealkylation sites (N-methyl/N-ethyl adjacent to an activating group) is 1.